The van der Waals surface area contributed by atoms with Gasteiger partial charge in [-0.2, -0.15) is 0 Å². The van der Waals surface area contributed by atoms with Crippen molar-refractivity contribution < 1.29 is 14.1 Å². The Bertz CT molecular complexity index is 1150. The highest BCUT2D eigenvalue weighted by atomic mass is 31.2. The van der Waals surface area contributed by atoms with Gasteiger partial charge < -0.3 is 4.74 Å². The minimum Gasteiger partial charge on any atom is -0.461 e. The Hall–Kier alpha value is -3.17. The van der Waals surface area contributed by atoms with Gasteiger partial charge in [-0.1, -0.05) is 66.7 Å². The maximum absolute atomic E-state index is 15.2. The van der Waals surface area contributed by atoms with Crippen LogP contribution >= 0.6 is 7.29 Å². The van der Waals surface area contributed by atoms with Crippen molar-refractivity contribution >= 4 is 30.2 Å². The van der Waals surface area contributed by atoms with Crippen LogP contribution in [0, 0.1) is 0 Å². The summed E-state index contributed by atoms with van der Waals surface area (Å²) in [6.45, 7) is 7.32. The third-order valence-corrected chi connectivity index (χ3v) is 9.53. The highest BCUT2D eigenvalue weighted by Gasteiger charge is 2.63. The van der Waals surface area contributed by atoms with E-state index in [-0.39, 0.29) is 6.10 Å². The number of hydrogen-bond donors (Lipinski definition) is 0. The summed E-state index contributed by atoms with van der Waals surface area (Å²) in [6, 6.07) is 28.4. The molecular weight excluding hydrogens is 431 g/mol. The molecule has 0 aliphatic carbocycles. The number of carbonyl (C=O) groups is 1. The van der Waals surface area contributed by atoms with Gasteiger partial charge in [0, 0.05) is 10.6 Å². The second-order valence-corrected chi connectivity index (χ2v) is 11.4. The first-order chi connectivity index (χ1) is 15.7. The van der Waals surface area contributed by atoms with Gasteiger partial charge >= 0.3 is 5.97 Å². The van der Waals surface area contributed by atoms with Gasteiger partial charge in [0.15, 0.2) is 5.54 Å². The summed E-state index contributed by atoms with van der Waals surface area (Å²) < 4.78 is 22.7. The van der Waals surface area contributed by atoms with E-state index in [1.807, 2.05) is 112 Å². The van der Waals surface area contributed by atoms with E-state index in [0.29, 0.717) is 10.6 Å². The fraction of sp³-hybridized carbons (Fsp3) is 0.259. The second kappa shape index (κ2) is 8.64. The van der Waals surface area contributed by atoms with Crippen LogP contribution in [0.15, 0.2) is 96.0 Å². The normalized spacial score (nSPS) is 22.5. The van der Waals surface area contributed by atoms with Crippen LogP contribution in [0.3, 0.4) is 0 Å². The summed E-state index contributed by atoms with van der Waals surface area (Å²) in [7, 11) is -3.44. The fourth-order valence-electron chi connectivity index (χ4n) is 4.40. The molecule has 4 rings (SSSR count). The topological polar surface area (TPSA) is 59.0 Å². The summed E-state index contributed by atoms with van der Waals surface area (Å²) in [5.74, 6) is -0.449. The number of benzene rings is 3. The molecule has 1 heterocycles. The molecule has 3 aromatic rings. The lowest BCUT2D eigenvalue weighted by Crippen LogP contribution is -2.57. The fourth-order valence-corrected chi connectivity index (χ4v) is 7.42. The highest BCUT2D eigenvalue weighted by molar-refractivity contribution is 7.77. The van der Waals surface area contributed by atoms with Crippen LogP contribution in [0.1, 0.15) is 33.3 Å². The maximum Gasteiger partial charge on any atom is 0.336 e. The molecule has 2 atom stereocenters. The first-order valence-electron chi connectivity index (χ1n) is 11.1. The van der Waals surface area contributed by atoms with E-state index in [2.05, 4.69) is 0 Å². The molecule has 0 saturated carbocycles. The monoisotopic (exact) mass is 460 g/mol. The minimum absolute atomic E-state index is 0.298. The molecule has 0 bridgehead atoms. The van der Waals surface area contributed by atoms with Gasteiger partial charge in [-0.3, -0.25) is 14.2 Å². The van der Waals surface area contributed by atoms with Crippen LogP contribution in [-0.4, -0.2) is 28.6 Å². The number of carbonyl (C=O) groups excluding carboxylic acids is 1. The largest absolute Gasteiger partial charge is 0.461 e. The van der Waals surface area contributed by atoms with E-state index in [0.717, 1.165) is 5.56 Å². The van der Waals surface area contributed by atoms with Crippen LogP contribution < -0.4 is 10.6 Å². The lowest BCUT2D eigenvalue weighted by Gasteiger charge is -2.46. The molecule has 0 aromatic heterocycles. The predicted octanol–water partition coefficient (Wildman–Crippen LogP) is 4.89. The molecule has 3 aromatic carbocycles. The SMILES string of the molecule is CC(C)OC(=O)[C@]1(C)N=CN(P(=O)(c2ccccc2)c2ccccc2)[C@@]1(C)c1ccccc1. The summed E-state index contributed by atoms with van der Waals surface area (Å²) in [6.07, 6.45) is 1.28. The Morgan fingerprint density at radius 2 is 1.30 bits per heavy atom. The van der Waals surface area contributed by atoms with Crippen molar-refractivity contribution in [3.8, 4) is 0 Å². The van der Waals surface area contributed by atoms with Gasteiger partial charge in [-0.15, -0.1) is 0 Å². The molecule has 0 N–H and O–H groups in total. The van der Waals surface area contributed by atoms with E-state index in [1.54, 1.807) is 17.9 Å². The molecular formula is C27H29N2O3P. The number of esters is 1. The quantitative estimate of drug-likeness (QED) is 0.388. The number of rotatable bonds is 6. The molecule has 0 amide bonds. The summed E-state index contributed by atoms with van der Waals surface area (Å²) in [5, 5.41) is 1.34. The van der Waals surface area contributed by atoms with Crippen LogP contribution in [-0.2, 0) is 19.6 Å². The molecule has 33 heavy (non-hydrogen) atoms. The van der Waals surface area contributed by atoms with E-state index >= 15 is 4.57 Å². The Kier molecular flexibility index (Phi) is 6.02. The molecule has 0 saturated heterocycles. The van der Waals surface area contributed by atoms with Crippen molar-refractivity contribution in [3.05, 3.63) is 96.6 Å². The minimum atomic E-state index is -3.44. The standard InChI is InChI=1S/C27H29N2O3P/c1-21(2)32-25(30)26(3)27(4,22-14-8-5-9-15-22)29(20-28-26)33(31,23-16-10-6-11-17-23)24-18-12-7-13-19-24/h5-21H,1-4H3/t26-,27-/m0/s1. The van der Waals surface area contributed by atoms with Gasteiger partial charge in [-0.05, 0) is 57.5 Å². The first-order valence-corrected chi connectivity index (χ1v) is 12.7. The number of ether oxygens (including phenoxy) is 1. The van der Waals surface area contributed by atoms with E-state index < -0.39 is 24.3 Å². The number of nitrogens with zero attached hydrogens (tertiary/aromatic N) is 2. The molecule has 1 aliphatic heterocycles. The van der Waals surface area contributed by atoms with E-state index in [1.165, 1.54) is 0 Å². The van der Waals surface area contributed by atoms with Crippen LogP contribution in [0.2, 0.25) is 0 Å². The average Bonchev–Trinajstić information content (AvgIpc) is 3.13. The van der Waals surface area contributed by atoms with Crippen molar-refractivity contribution in [2.45, 2.75) is 44.9 Å². The van der Waals surface area contributed by atoms with Crippen LogP contribution in [0.4, 0.5) is 0 Å². The van der Waals surface area contributed by atoms with Gasteiger partial charge in [0.05, 0.1) is 12.4 Å². The van der Waals surface area contributed by atoms with Gasteiger partial charge in [-0.25, -0.2) is 4.79 Å². The molecule has 0 unspecified atom stereocenters. The molecule has 0 fully saturated rings. The first kappa shape index (κ1) is 23.0. The van der Waals surface area contributed by atoms with Crippen molar-refractivity contribution in [1.82, 2.24) is 4.67 Å². The summed E-state index contributed by atoms with van der Waals surface area (Å²) in [4.78, 5) is 18.2. The van der Waals surface area contributed by atoms with Crippen LogP contribution in [0.25, 0.3) is 0 Å². The predicted molar refractivity (Wildman–Crippen MR) is 134 cm³/mol. The zero-order chi connectivity index (χ0) is 23.7. The van der Waals surface area contributed by atoms with Crippen LogP contribution in [0.5, 0.6) is 0 Å². The lowest BCUT2D eigenvalue weighted by atomic mass is 9.75. The lowest BCUT2D eigenvalue weighted by molar-refractivity contribution is -0.156. The molecule has 6 heteroatoms. The van der Waals surface area contributed by atoms with Crippen molar-refractivity contribution in [2.75, 3.05) is 0 Å². The van der Waals surface area contributed by atoms with Gasteiger partial charge in [0.2, 0.25) is 7.29 Å². The molecule has 0 radical (unpaired) electrons. The highest BCUT2D eigenvalue weighted by Crippen LogP contribution is 2.59. The molecule has 170 valence electrons. The van der Waals surface area contributed by atoms with E-state index in [9.17, 15) is 4.79 Å². The Balaban J connectivity index is 1.99. The van der Waals surface area contributed by atoms with Gasteiger partial charge in [0.25, 0.3) is 0 Å². The third-order valence-electron chi connectivity index (χ3n) is 6.42. The zero-order valence-electron chi connectivity index (χ0n) is 19.4. The molecule has 5 nitrogen and oxygen atoms in total. The van der Waals surface area contributed by atoms with Crippen molar-refractivity contribution in [1.29, 1.82) is 0 Å². The zero-order valence-corrected chi connectivity index (χ0v) is 20.3. The Morgan fingerprint density at radius 3 is 1.76 bits per heavy atom. The summed E-state index contributed by atoms with van der Waals surface area (Å²) >= 11 is 0. The van der Waals surface area contributed by atoms with Gasteiger partial charge in [0.1, 0.15) is 5.54 Å². The Labute approximate surface area is 195 Å². The van der Waals surface area contributed by atoms with Crippen molar-refractivity contribution in [2.24, 2.45) is 4.99 Å². The summed E-state index contributed by atoms with van der Waals surface area (Å²) in [5.41, 5.74) is -1.54. The molecule has 1 aliphatic rings. The van der Waals surface area contributed by atoms with Crippen molar-refractivity contribution in [3.63, 3.8) is 0 Å². The maximum atomic E-state index is 15.2. The average molecular weight is 461 g/mol. The number of aliphatic imine (C=N–C) groups is 1. The molecule has 0 spiro atoms. The smallest absolute Gasteiger partial charge is 0.336 e. The van der Waals surface area contributed by atoms with E-state index in [4.69, 9.17) is 9.73 Å². The number of hydrogen-bond acceptors (Lipinski definition) is 4. The Morgan fingerprint density at radius 1 is 0.848 bits per heavy atom. The third kappa shape index (κ3) is 3.61. The second-order valence-electron chi connectivity index (χ2n) is 8.80.